The molecule has 0 spiro atoms. The molecule has 1 aliphatic heterocycles. The van der Waals surface area contributed by atoms with Gasteiger partial charge in [0.05, 0.1) is 24.3 Å². The fraction of sp³-hybridized carbons (Fsp3) is 0.360. The first-order chi connectivity index (χ1) is 15.2. The Morgan fingerprint density at radius 3 is 2.47 bits per heavy atom. The first-order valence-corrected chi connectivity index (χ1v) is 11.2. The molecule has 168 valence electrons. The minimum absolute atomic E-state index is 0.173. The topological polar surface area (TPSA) is 82.6 Å². The summed E-state index contributed by atoms with van der Waals surface area (Å²) in [5.41, 5.74) is 3.63. The van der Waals surface area contributed by atoms with E-state index in [0.717, 1.165) is 27.7 Å². The molecule has 2 aromatic carbocycles. The number of esters is 1. The normalized spacial score (nSPS) is 18.5. The number of alkyl halides is 1. The van der Waals surface area contributed by atoms with Crippen LogP contribution in [-0.4, -0.2) is 51.0 Å². The molecule has 0 bridgehead atoms. The number of rotatable bonds is 4. The summed E-state index contributed by atoms with van der Waals surface area (Å²) < 4.78 is 5.46. The highest BCUT2D eigenvalue weighted by Gasteiger charge is 2.39. The molecule has 0 saturated heterocycles. The summed E-state index contributed by atoms with van der Waals surface area (Å²) in [5, 5.41) is 11.2. The smallest absolute Gasteiger partial charge is 0.338 e. The number of benzene rings is 2. The van der Waals surface area contributed by atoms with Crippen molar-refractivity contribution in [2.75, 3.05) is 12.5 Å². The summed E-state index contributed by atoms with van der Waals surface area (Å²) in [4.78, 5) is 30.4. The second kappa shape index (κ2) is 8.60. The maximum absolute atomic E-state index is 12.9. The van der Waals surface area contributed by atoms with Crippen LogP contribution in [0.4, 0.5) is 0 Å². The van der Waals surface area contributed by atoms with Crippen LogP contribution in [0.5, 0.6) is 0 Å². The fourth-order valence-corrected chi connectivity index (χ4v) is 4.53. The molecular weight excluding hydrogens is 428 g/mol. The summed E-state index contributed by atoms with van der Waals surface area (Å²) in [5.74, 6) is -0.837. The third-order valence-electron chi connectivity index (χ3n) is 5.71. The number of aromatic nitrogens is 1. The van der Waals surface area contributed by atoms with Crippen molar-refractivity contribution in [2.24, 2.45) is 0 Å². The Hall–Kier alpha value is -2.83. The highest BCUT2D eigenvalue weighted by molar-refractivity contribution is 6.27. The number of aliphatic hydroxyl groups excluding tert-OH is 1. The number of nitrogens with zero attached hydrogens (tertiary/aromatic N) is 1. The van der Waals surface area contributed by atoms with Gasteiger partial charge in [-0.25, -0.2) is 4.79 Å². The Labute approximate surface area is 192 Å². The average molecular weight is 455 g/mol. The number of fused-ring (bicyclic) bond motifs is 3. The van der Waals surface area contributed by atoms with Gasteiger partial charge in [-0.2, -0.15) is 0 Å². The quantitative estimate of drug-likeness (QED) is 0.457. The Kier molecular flexibility index (Phi) is 6.01. The average Bonchev–Trinajstić information content (AvgIpc) is 3.14. The van der Waals surface area contributed by atoms with E-state index in [4.69, 9.17) is 16.3 Å². The monoisotopic (exact) mass is 454 g/mol. The van der Waals surface area contributed by atoms with Crippen LogP contribution in [-0.2, 0) is 16.0 Å². The van der Waals surface area contributed by atoms with Crippen LogP contribution in [0.3, 0.4) is 0 Å². The summed E-state index contributed by atoms with van der Waals surface area (Å²) >= 11 is 5.95. The molecule has 7 heteroatoms. The Morgan fingerprint density at radius 1 is 1.16 bits per heavy atom. The number of nitrogens with one attached hydrogen (secondary N) is 1. The number of para-hydroxylation sites is 1. The predicted octanol–water partition coefficient (Wildman–Crippen LogP) is 4.20. The first kappa shape index (κ1) is 22.4. The number of halogens is 1. The number of H-pyrrole nitrogens is 1. The molecule has 6 nitrogen and oxygen atoms in total. The van der Waals surface area contributed by atoms with Crippen LogP contribution in [0.25, 0.3) is 10.9 Å². The van der Waals surface area contributed by atoms with E-state index < -0.39 is 23.7 Å². The number of aromatic amines is 1. The number of ether oxygens (including phenoxy) is 1. The zero-order valence-corrected chi connectivity index (χ0v) is 19.1. The van der Waals surface area contributed by atoms with E-state index >= 15 is 0 Å². The van der Waals surface area contributed by atoms with Crippen LogP contribution < -0.4 is 0 Å². The minimum atomic E-state index is -0.587. The van der Waals surface area contributed by atoms with Gasteiger partial charge in [-0.05, 0) is 56.5 Å². The Bertz CT molecular complexity index is 1150. The first-order valence-electron chi connectivity index (χ1n) is 10.6. The van der Waals surface area contributed by atoms with E-state index in [1.54, 1.807) is 17.0 Å². The zero-order chi connectivity index (χ0) is 23.0. The van der Waals surface area contributed by atoms with Crippen LogP contribution >= 0.6 is 11.6 Å². The Balaban J connectivity index is 1.81. The van der Waals surface area contributed by atoms with Gasteiger partial charge in [0.15, 0.2) is 0 Å². The lowest BCUT2D eigenvalue weighted by Crippen LogP contribution is -2.50. The van der Waals surface area contributed by atoms with Gasteiger partial charge in [-0.15, -0.1) is 11.6 Å². The number of carbonyl (C=O) groups excluding carboxylic acids is 2. The molecule has 2 N–H and O–H groups in total. The zero-order valence-electron chi connectivity index (χ0n) is 18.4. The summed E-state index contributed by atoms with van der Waals surface area (Å²) in [6.45, 7) is 5.30. The summed E-state index contributed by atoms with van der Waals surface area (Å²) in [6, 6.07) is 14.2. The molecule has 2 atom stereocenters. The van der Waals surface area contributed by atoms with E-state index in [1.165, 1.54) is 0 Å². The second-order valence-electron chi connectivity index (χ2n) is 9.06. The molecule has 32 heavy (non-hydrogen) atoms. The third-order valence-corrected chi connectivity index (χ3v) is 5.93. The van der Waals surface area contributed by atoms with Gasteiger partial charge in [-0.3, -0.25) is 4.79 Å². The molecule has 0 saturated carbocycles. The lowest BCUT2D eigenvalue weighted by molar-refractivity contribution is -0.134. The van der Waals surface area contributed by atoms with E-state index in [0.29, 0.717) is 12.0 Å². The maximum atomic E-state index is 12.9. The maximum Gasteiger partial charge on any atom is 0.338 e. The van der Waals surface area contributed by atoms with Gasteiger partial charge in [0.2, 0.25) is 5.91 Å². The highest BCUT2D eigenvalue weighted by atomic mass is 35.5. The molecule has 0 radical (unpaired) electrons. The van der Waals surface area contributed by atoms with Crippen molar-refractivity contribution < 1.29 is 19.4 Å². The van der Waals surface area contributed by atoms with Crippen molar-refractivity contribution >= 4 is 34.4 Å². The number of hydrogen-bond donors (Lipinski definition) is 2. The summed E-state index contributed by atoms with van der Waals surface area (Å²) in [7, 11) is 0. The lowest BCUT2D eigenvalue weighted by atomic mass is 9.88. The van der Waals surface area contributed by atoms with Crippen molar-refractivity contribution in [3.8, 4) is 0 Å². The van der Waals surface area contributed by atoms with Crippen molar-refractivity contribution in [1.29, 1.82) is 0 Å². The van der Waals surface area contributed by atoms with Crippen molar-refractivity contribution in [1.82, 2.24) is 9.88 Å². The number of carbonyl (C=O) groups is 2. The van der Waals surface area contributed by atoms with Gasteiger partial charge >= 0.3 is 5.97 Å². The van der Waals surface area contributed by atoms with Crippen molar-refractivity contribution in [2.45, 2.75) is 44.9 Å². The molecule has 0 unspecified atom stereocenters. The van der Waals surface area contributed by atoms with Gasteiger partial charge in [0.25, 0.3) is 0 Å². The molecule has 0 fully saturated rings. The molecule has 2 heterocycles. The van der Waals surface area contributed by atoms with Crippen molar-refractivity contribution in [3.63, 3.8) is 0 Å². The van der Waals surface area contributed by atoms with Crippen LogP contribution in [0, 0.1) is 0 Å². The molecule has 0 aliphatic carbocycles. The third kappa shape index (κ3) is 4.12. The van der Waals surface area contributed by atoms with Gasteiger partial charge in [-0.1, -0.05) is 30.3 Å². The van der Waals surface area contributed by atoms with Gasteiger partial charge in [0, 0.05) is 16.6 Å². The largest absolute Gasteiger partial charge is 0.456 e. The lowest BCUT2D eigenvalue weighted by Gasteiger charge is -2.41. The Morgan fingerprint density at radius 2 is 1.84 bits per heavy atom. The van der Waals surface area contributed by atoms with E-state index in [2.05, 4.69) is 4.98 Å². The minimum Gasteiger partial charge on any atom is -0.456 e. The SMILES string of the molecule is CC(C)(C)OC(=O)c1ccc([C@H]2c3[nH]c4ccccc4c3C[C@H](CO)N2C(=O)CCl)cc1. The van der Waals surface area contributed by atoms with Gasteiger partial charge in [0.1, 0.15) is 11.5 Å². The van der Waals surface area contributed by atoms with Crippen molar-refractivity contribution in [3.05, 3.63) is 70.9 Å². The number of hydrogen-bond acceptors (Lipinski definition) is 4. The number of aliphatic hydroxyl groups is 1. The van der Waals surface area contributed by atoms with E-state index in [9.17, 15) is 14.7 Å². The van der Waals surface area contributed by atoms with E-state index in [-0.39, 0.29) is 18.4 Å². The van der Waals surface area contributed by atoms with Crippen LogP contribution in [0.2, 0.25) is 0 Å². The van der Waals surface area contributed by atoms with Crippen LogP contribution in [0.1, 0.15) is 54.0 Å². The molecule has 4 rings (SSSR count). The molecular formula is C25H27ClN2O4. The standard InChI is InChI=1S/C25H27ClN2O4/c1-25(2,3)32-24(31)16-10-8-15(9-11-16)23-22-19(18-6-4-5-7-20(18)27-22)12-17(14-29)28(23)21(30)13-26/h4-11,17,23,27,29H,12-14H2,1-3H3/t17-,23+/m1/s1. The van der Waals surface area contributed by atoms with Crippen LogP contribution in [0.15, 0.2) is 48.5 Å². The molecule has 1 amide bonds. The van der Waals surface area contributed by atoms with Gasteiger partial charge < -0.3 is 19.7 Å². The summed E-state index contributed by atoms with van der Waals surface area (Å²) in [6.07, 6.45) is 0.533. The fourth-order valence-electron chi connectivity index (χ4n) is 4.39. The van der Waals surface area contributed by atoms with E-state index in [1.807, 2.05) is 57.2 Å². The molecule has 1 aromatic heterocycles. The predicted molar refractivity (Wildman–Crippen MR) is 124 cm³/mol. The second-order valence-corrected chi connectivity index (χ2v) is 9.33. The highest BCUT2D eigenvalue weighted by Crippen LogP contribution is 2.41. The number of amides is 1. The molecule has 3 aromatic rings. The molecule has 1 aliphatic rings.